The molecule has 0 saturated heterocycles. The number of rotatable bonds is 5. The van der Waals surface area contributed by atoms with E-state index in [9.17, 15) is 4.57 Å². The van der Waals surface area contributed by atoms with Crippen LogP contribution >= 0.6 is 7.60 Å². The van der Waals surface area contributed by atoms with Crippen molar-refractivity contribution in [1.29, 1.82) is 0 Å². The highest BCUT2D eigenvalue weighted by Gasteiger charge is 2.27. The molecule has 0 amide bonds. The van der Waals surface area contributed by atoms with E-state index in [-0.39, 0.29) is 0 Å². The predicted molar refractivity (Wildman–Crippen MR) is 52.5 cm³/mol. The van der Waals surface area contributed by atoms with Crippen LogP contribution in [0.5, 0.6) is 0 Å². The molecule has 0 atom stereocenters. The summed E-state index contributed by atoms with van der Waals surface area (Å²) in [5, 5.41) is 0. The van der Waals surface area contributed by atoms with Gasteiger partial charge in [0.25, 0.3) is 0 Å². The van der Waals surface area contributed by atoms with Gasteiger partial charge < -0.3 is 9.05 Å². The van der Waals surface area contributed by atoms with Crippen molar-refractivity contribution >= 4 is 13.0 Å². The standard InChI is InChI=1S/C8H13N2O3P/c1-3-12-14(11,13-4-2)8-5-6-9-7-10-8/h5-7H,3-4H2,1-2H3. The van der Waals surface area contributed by atoms with Crippen molar-refractivity contribution in [2.75, 3.05) is 13.2 Å². The zero-order chi connectivity index (χ0) is 10.4. The molecule has 0 aliphatic heterocycles. The lowest BCUT2D eigenvalue weighted by atomic mass is 10.7. The molecular formula is C8H13N2O3P. The van der Waals surface area contributed by atoms with Crippen LogP contribution in [-0.4, -0.2) is 23.2 Å². The average molecular weight is 216 g/mol. The molecule has 0 N–H and O–H groups in total. The van der Waals surface area contributed by atoms with E-state index in [1.54, 1.807) is 13.8 Å². The first-order chi connectivity index (χ1) is 6.73. The van der Waals surface area contributed by atoms with E-state index in [0.29, 0.717) is 18.6 Å². The molecule has 5 nitrogen and oxygen atoms in total. The molecular weight excluding hydrogens is 203 g/mol. The minimum absolute atomic E-state index is 0.302. The second kappa shape index (κ2) is 5.20. The molecule has 78 valence electrons. The van der Waals surface area contributed by atoms with E-state index >= 15 is 0 Å². The Morgan fingerprint density at radius 3 is 2.43 bits per heavy atom. The quantitative estimate of drug-likeness (QED) is 0.695. The summed E-state index contributed by atoms with van der Waals surface area (Å²) in [5.74, 6) is 0. The molecule has 1 aromatic heterocycles. The van der Waals surface area contributed by atoms with E-state index in [1.807, 2.05) is 0 Å². The Balaban J connectivity index is 2.94. The fraction of sp³-hybridized carbons (Fsp3) is 0.500. The third-order valence-corrected chi connectivity index (χ3v) is 3.47. The Morgan fingerprint density at radius 2 is 2.00 bits per heavy atom. The van der Waals surface area contributed by atoms with Crippen LogP contribution < -0.4 is 5.44 Å². The molecule has 0 aliphatic carbocycles. The smallest absolute Gasteiger partial charge is 0.304 e. The topological polar surface area (TPSA) is 61.3 Å². The number of nitrogens with zero attached hydrogens (tertiary/aromatic N) is 2. The van der Waals surface area contributed by atoms with Gasteiger partial charge in [0.2, 0.25) is 0 Å². The number of hydrogen-bond donors (Lipinski definition) is 0. The van der Waals surface area contributed by atoms with Crippen LogP contribution in [0.1, 0.15) is 13.8 Å². The highest BCUT2D eigenvalue weighted by molar-refractivity contribution is 7.61. The maximum atomic E-state index is 12.1. The molecule has 14 heavy (non-hydrogen) atoms. The van der Waals surface area contributed by atoms with Crippen molar-refractivity contribution in [1.82, 2.24) is 9.97 Å². The van der Waals surface area contributed by atoms with Crippen LogP contribution in [0, 0.1) is 0 Å². The Morgan fingerprint density at radius 1 is 1.36 bits per heavy atom. The predicted octanol–water partition coefficient (Wildman–Crippen LogP) is 1.37. The second-order valence-electron chi connectivity index (χ2n) is 2.40. The molecule has 0 spiro atoms. The Labute approximate surface area is 83.0 Å². The molecule has 0 aliphatic rings. The second-order valence-corrected chi connectivity index (χ2v) is 4.37. The molecule has 0 saturated carbocycles. The van der Waals surface area contributed by atoms with Gasteiger partial charge in [0.1, 0.15) is 6.33 Å². The first kappa shape index (κ1) is 11.3. The molecule has 0 radical (unpaired) electrons. The molecule has 0 bridgehead atoms. The number of hydrogen-bond acceptors (Lipinski definition) is 5. The van der Waals surface area contributed by atoms with Crippen molar-refractivity contribution < 1.29 is 13.6 Å². The Bertz CT molecular complexity index is 308. The minimum atomic E-state index is -3.22. The van der Waals surface area contributed by atoms with Gasteiger partial charge in [-0.25, -0.2) is 9.97 Å². The van der Waals surface area contributed by atoms with E-state index < -0.39 is 7.60 Å². The van der Waals surface area contributed by atoms with Crippen LogP contribution in [0.25, 0.3) is 0 Å². The van der Waals surface area contributed by atoms with Gasteiger partial charge in [-0.05, 0) is 19.9 Å². The van der Waals surface area contributed by atoms with Gasteiger partial charge in [0.05, 0.1) is 13.2 Å². The maximum Gasteiger partial charge on any atom is 0.379 e. The van der Waals surface area contributed by atoms with E-state index in [0.717, 1.165) is 0 Å². The van der Waals surface area contributed by atoms with Crippen LogP contribution in [-0.2, 0) is 13.6 Å². The third kappa shape index (κ3) is 2.61. The lowest BCUT2D eigenvalue weighted by molar-refractivity contribution is 0.229. The van der Waals surface area contributed by atoms with Crippen LogP contribution in [0.3, 0.4) is 0 Å². The van der Waals surface area contributed by atoms with Crippen molar-refractivity contribution in [2.24, 2.45) is 0 Å². The Kier molecular flexibility index (Phi) is 4.20. The SMILES string of the molecule is CCOP(=O)(OCC)c1ccncn1. The zero-order valence-electron chi connectivity index (χ0n) is 8.21. The van der Waals surface area contributed by atoms with Gasteiger partial charge in [0.15, 0.2) is 5.44 Å². The zero-order valence-corrected chi connectivity index (χ0v) is 9.11. The monoisotopic (exact) mass is 216 g/mol. The molecule has 1 heterocycles. The van der Waals surface area contributed by atoms with Crippen molar-refractivity contribution in [3.8, 4) is 0 Å². The van der Waals surface area contributed by atoms with Crippen molar-refractivity contribution in [3.05, 3.63) is 18.6 Å². The van der Waals surface area contributed by atoms with Gasteiger partial charge in [-0.2, -0.15) is 0 Å². The van der Waals surface area contributed by atoms with Gasteiger partial charge >= 0.3 is 7.60 Å². The first-order valence-electron chi connectivity index (χ1n) is 4.38. The maximum absolute atomic E-state index is 12.1. The largest absolute Gasteiger partial charge is 0.379 e. The summed E-state index contributed by atoms with van der Waals surface area (Å²) in [5.41, 5.74) is 0.302. The minimum Gasteiger partial charge on any atom is -0.304 e. The highest BCUT2D eigenvalue weighted by atomic mass is 31.2. The van der Waals surface area contributed by atoms with Crippen molar-refractivity contribution in [2.45, 2.75) is 13.8 Å². The van der Waals surface area contributed by atoms with Gasteiger partial charge in [-0.1, -0.05) is 0 Å². The molecule has 0 fully saturated rings. The summed E-state index contributed by atoms with van der Waals surface area (Å²) in [4.78, 5) is 7.60. The lowest BCUT2D eigenvalue weighted by Gasteiger charge is -2.15. The molecule has 0 aromatic carbocycles. The highest BCUT2D eigenvalue weighted by Crippen LogP contribution is 2.45. The fourth-order valence-electron chi connectivity index (χ4n) is 0.955. The van der Waals surface area contributed by atoms with Gasteiger partial charge in [0, 0.05) is 6.20 Å². The summed E-state index contributed by atoms with van der Waals surface area (Å²) >= 11 is 0. The molecule has 1 rings (SSSR count). The van der Waals surface area contributed by atoms with Crippen LogP contribution in [0.15, 0.2) is 18.6 Å². The van der Waals surface area contributed by atoms with Crippen molar-refractivity contribution in [3.63, 3.8) is 0 Å². The molecule has 0 unspecified atom stereocenters. The van der Waals surface area contributed by atoms with Crippen LogP contribution in [0.4, 0.5) is 0 Å². The third-order valence-electron chi connectivity index (χ3n) is 1.45. The number of aromatic nitrogens is 2. The fourth-order valence-corrected chi connectivity index (χ4v) is 2.42. The van der Waals surface area contributed by atoms with E-state index in [4.69, 9.17) is 9.05 Å². The summed E-state index contributed by atoms with van der Waals surface area (Å²) in [7, 11) is -3.22. The summed E-state index contributed by atoms with van der Waals surface area (Å²) in [6.07, 6.45) is 2.83. The van der Waals surface area contributed by atoms with Crippen LogP contribution in [0.2, 0.25) is 0 Å². The molecule has 1 aromatic rings. The van der Waals surface area contributed by atoms with Gasteiger partial charge in [-0.3, -0.25) is 4.57 Å². The summed E-state index contributed by atoms with van der Waals surface area (Å²) in [6, 6.07) is 1.53. The van der Waals surface area contributed by atoms with E-state index in [1.165, 1.54) is 18.6 Å². The van der Waals surface area contributed by atoms with E-state index in [2.05, 4.69) is 9.97 Å². The molecule has 6 heteroatoms. The normalized spacial score (nSPS) is 11.6. The lowest BCUT2D eigenvalue weighted by Crippen LogP contribution is -2.14. The first-order valence-corrected chi connectivity index (χ1v) is 5.93. The van der Waals surface area contributed by atoms with Gasteiger partial charge in [-0.15, -0.1) is 0 Å². The summed E-state index contributed by atoms with van der Waals surface area (Å²) in [6.45, 7) is 4.16. The summed E-state index contributed by atoms with van der Waals surface area (Å²) < 4.78 is 22.3. The Hall–Kier alpha value is -0.770. The average Bonchev–Trinajstić information content (AvgIpc) is 2.20.